The van der Waals surface area contributed by atoms with Gasteiger partial charge in [0.25, 0.3) is 5.91 Å². The minimum atomic E-state index is -0.216. The van der Waals surface area contributed by atoms with E-state index in [0.29, 0.717) is 11.3 Å². The number of rotatable bonds is 6. The molecule has 1 fully saturated rings. The van der Waals surface area contributed by atoms with Crippen LogP contribution in [-0.2, 0) is 4.79 Å². The molecule has 1 saturated heterocycles. The van der Waals surface area contributed by atoms with Gasteiger partial charge in [0, 0.05) is 31.7 Å². The number of likely N-dealkylation sites (N-methyl/N-ethyl adjacent to an activating group) is 1. The number of amides is 1. The standard InChI is InChI=1S/C21H25N3O3/c1-16(25)17-7-9-18(10-8-17)27-15-21(26)22-19-5-3-4-6-20(19)24-13-11-23(2)12-14-24/h3-10H,11-15H2,1-2H3,(H,22,26). The summed E-state index contributed by atoms with van der Waals surface area (Å²) in [6.45, 7) is 5.30. The van der Waals surface area contributed by atoms with Gasteiger partial charge in [-0.3, -0.25) is 9.59 Å². The molecule has 0 bridgehead atoms. The van der Waals surface area contributed by atoms with Crippen molar-refractivity contribution in [1.29, 1.82) is 0 Å². The van der Waals surface area contributed by atoms with Gasteiger partial charge < -0.3 is 19.9 Å². The van der Waals surface area contributed by atoms with E-state index in [1.165, 1.54) is 6.92 Å². The first-order chi connectivity index (χ1) is 13.0. The summed E-state index contributed by atoms with van der Waals surface area (Å²) in [7, 11) is 2.12. The molecular weight excluding hydrogens is 342 g/mol. The summed E-state index contributed by atoms with van der Waals surface area (Å²) >= 11 is 0. The molecule has 3 rings (SSSR count). The van der Waals surface area contributed by atoms with Gasteiger partial charge in [-0.05, 0) is 50.4 Å². The highest BCUT2D eigenvalue weighted by atomic mass is 16.5. The number of ether oxygens (including phenoxy) is 1. The predicted molar refractivity (Wildman–Crippen MR) is 107 cm³/mol. The van der Waals surface area contributed by atoms with Gasteiger partial charge in [-0.2, -0.15) is 0 Å². The lowest BCUT2D eigenvalue weighted by Crippen LogP contribution is -2.44. The van der Waals surface area contributed by atoms with E-state index in [9.17, 15) is 9.59 Å². The Labute approximate surface area is 159 Å². The smallest absolute Gasteiger partial charge is 0.262 e. The number of nitrogens with one attached hydrogen (secondary N) is 1. The van der Waals surface area contributed by atoms with Gasteiger partial charge >= 0.3 is 0 Å². The molecule has 0 spiro atoms. The van der Waals surface area contributed by atoms with Crippen molar-refractivity contribution >= 4 is 23.1 Å². The van der Waals surface area contributed by atoms with Crippen LogP contribution in [0, 0.1) is 0 Å². The first kappa shape index (κ1) is 18.9. The van der Waals surface area contributed by atoms with Gasteiger partial charge in [0.05, 0.1) is 11.4 Å². The van der Waals surface area contributed by atoms with Gasteiger partial charge in [0.15, 0.2) is 12.4 Å². The van der Waals surface area contributed by atoms with E-state index in [2.05, 4.69) is 22.2 Å². The third kappa shape index (κ3) is 5.08. The minimum absolute atomic E-state index is 0.000179. The first-order valence-electron chi connectivity index (χ1n) is 9.09. The average molecular weight is 367 g/mol. The van der Waals surface area contributed by atoms with E-state index >= 15 is 0 Å². The maximum Gasteiger partial charge on any atom is 0.262 e. The second-order valence-corrected chi connectivity index (χ2v) is 6.72. The zero-order chi connectivity index (χ0) is 19.2. The lowest BCUT2D eigenvalue weighted by atomic mass is 10.1. The summed E-state index contributed by atoms with van der Waals surface area (Å²) in [5.74, 6) is 0.342. The molecule has 1 N–H and O–H groups in total. The van der Waals surface area contributed by atoms with E-state index in [1.54, 1.807) is 24.3 Å². The van der Waals surface area contributed by atoms with Crippen LogP contribution in [0.1, 0.15) is 17.3 Å². The highest BCUT2D eigenvalue weighted by Crippen LogP contribution is 2.26. The summed E-state index contributed by atoms with van der Waals surface area (Å²) in [4.78, 5) is 28.2. The van der Waals surface area contributed by atoms with Gasteiger partial charge in [-0.1, -0.05) is 12.1 Å². The number of carbonyl (C=O) groups excluding carboxylic acids is 2. The Morgan fingerprint density at radius 1 is 1.00 bits per heavy atom. The predicted octanol–water partition coefficient (Wildman–Crippen LogP) is 2.66. The van der Waals surface area contributed by atoms with E-state index < -0.39 is 0 Å². The lowest BCUT2D eigenvalue weighted by Gasteiger charge is -2.35. The lowest BCUT2D eigenvalue weighted by molar-refractivity contribution is -0.118. The number of nitrogens with zero attached hydrogens (tertiary/aromatic N) is 2. The fraction of sp³-hybridized carbons (Fsp3) is 0.333. The van der Waals surface area contributed by atoms with E-state index in [0.717, 1.165) is 37.6 Å². The molecule has 0 radical (unpaired) electrons. The maximum absolute atomic E-state index is 12.3. The molecule has 0 aromatic heterocycles. The van der Waals surface area contributed by atoms with Crippen LogP contribution in [0.15, 0.2) is 48.5 Å². The largest absolute Gasteiger partial charge is 0.484 e. The van der Waals surface area contributed by atoms with Crippen LogP contribution in [0.25, 0.3) is 0 Å². The quantitative estimate of drug-likeness (QED) is 0.796. The molecule has 1 heterocycles. The number of carbonyl (C=O) groups is 2. The van der Waals surface area contributed by atoms with Crippen molar-refractivity contribution in [3.8, 4) is 5.75 Å². The molecule has 0 aliphatic carbocycles. The van der Waals surface area contributed by atoms with Crippen molar-refractivity contribution in [3.05, 3.63) is 54.1 Å². The molecule has 0 unspecified atom stereocenters. The topological polar surface area (TPSA) is 61.9 Å². The Morgan fingerprint density at radius 3 is 2.33 bits per heavy atom. The second-order valence-electron chi connectivity index (χ2n) is 6.72. The van der Waals surface area contributed by atoms with Crippen LogP contribution >= 0.6 is 0 Å². The van der Waals surface area contributed by atoms with Crippen molar-refractivity contribution < 1.29 is 14.3 Å². The zero-order valence-corrected chi connectivity index (χ0v) is 15.8. The van der Waals surface area contributed by atoms with Gasteiger partial charge in [0.2, 0.25) is 0 Å². The molecule has 1 aliphatic rings. The maximum atomic E-state index is 12.3. The molecule has 2 aromatic rings. The van der Waals surface area contributed by atoms with E-state index in [4.69, 9.17) is 4.74 Å². The molecule has 1 aliphatic heterocycles. The third-order valence-corrected chi connectivity index (χ3v) is 4.65. The van der Waals surface area contributed by atoms with Crippen molar-refractivity contribution in [1.82, 2.24) is 4.90 Å². The van der Waals surface area contributed by atoms with Crippen LogP contribution in [-0.4, -0.2) is 56.4 Å². The van der Waals surface area contributed by atoms with Gasteiger partial charge in [0.1, 0.15) is 5.75 Å². The molecule has 6 heteroatoms. The molecule has 6 nitrogen and oxygen atoms in total. The fourth-order valence-corrected chi connectivity index (χ4v) is 3.02. The van der Waals surface area contributed by atoms with E-state index in [1.807, 2.05) is 24.3 Å². The molecular formula is C21H25N3O3. The van der Waals surface area contributed by atoms with Crippen LogP contribution < -0.4 is 15.0 Å². The number of hydrogen-bond donors (Lipinski definition) is 1. The Morgan fingerprint density at radius 2 is 1.67 bits per heavy atom. The van der Waals surface area contributed by atoms with Crippen LogP contribution in [0.4, 0.5) is 11.4 Å². The highest BCUT2D eigenvalue weighted by Gasteiger charge is 2.17. The van der Waals surface area contributed by atoms with Crippen molar-refractivity contribution in [2.75, 3.05) is 50.1 Å². The first-order valence-corrected chi connectivity index (χ1v) is 9.09. The average Bonchev–Trinajstić information content (AvgIpc) is 2.68. The summed E-state index contributed by atoms with van der Waals surface area (Å²) in [6, 6.07) is 14.6. The van der Waals surface area contributed by atoms with Crippen LogP contribution in [0.2, 0.25) is 0 Å². The number of piperazine rings is 1. The summed E-state index contributed by atoms with van der Waals surface area (Å²) in [5, 5.41) is 2.95. The number of ketones is 1. The Balaban J connectivity index is 1.58. The summed E-state index contributed by atoms with van der Waals surface area (Å²) in [5.41, 5.74) is 2.44. The van der Waals surface area contributed by atoms with E-state index in [-0.39, 0.29) is 18.3 Å². The van der Waals surface area contributed by atoms with Crippen LogP contribution in [0.3, 0.4) is 0 Å². The Hall–Kier alpha value is -2.86. The number of hydrogen-bond acceptors (Lipinski definition) is 5. The number of para-hydroxylation sites is 2. The summed E-state index contributed by atoms with van der Waals surface area (Å²) < 4.78 is 5.53. The van der Waals surface area contributed by atoms with Crippen molar-refractivity contribution in [2.45, 2.75) is 6.92 Å². The molecule has 1 amide bonds. The van der Waals surface area contributed by atoms with Gasteiger partial charge in [-0.25, -0.2) is 0 Å². The summed E-state index contributed by atoms with van der Waals surface area (Å²) in [6.07, 6.45) is 0. The molecule has 2 aromatic carbocycles. The fourth-order valence-electron chi connectivity index (χ4n) is 3.02. The van der Waals surface area contributed by atoms with Crippen molar-refractivity contribution in [2.24, 2.45) is 0 Å². The molecule has 27 heavy (non-hydrogen) atoms. The second kappa shape index (κ2) is 8.68. The molecule has 0 saturated carbocycles. The normalized spacial score (nSPS) is 14.7. The SMILES string of the molecule is CC(=O)c1ccc(OCC(=O)Nc2ccccc2N2CCN(C)CC2)cc1. The molecule has 0 atom stereocenters. The number of anilines is 2. The monoisotopic (exact) mass is 367 g/mol. The van der Waals surface area contributed by atoms with Crippen LogP contribution in [0.5, 0.6) is 5.75 Å². The van der Waals surface area contributed by atoms with Gasteiger partial charge in [-0.15, -0.1) is 0 Å². The Kier molecular flexibility index (Phi) is 6.08. The zero-order valence-electron chi connectivity index (χ0n) is 15.8. The third-order valence-electron chi connectivity index (χ3n) is 4.65. The van der Waals surface area contributed by atoms with Crippen molar-refractivity contribution in [3.63, 3.8) is 0 Å². The Bertz CT molecular complexity index is 797. The number of Topliss-reactive ketones (excluding diaryl/α,β-unsaturated/α-hetero) is 1. The minimum Gasteiger partial charge on any atom is -0.484 e. The number of benzene rings is 2. The molecule has 142 valence electrons. The highest BCUT2D eigenvalue weighted by molar-refractivity contribution is 5.95.